The van der Waals surface area contributed by atoms with Crippen molar-refractivity contribution in [1.29, 1.82) is 0 Å². The molecule has 0 fully saturated rings. The van der Waals surface area contributed by atoms with E-state index < -0.39 is 29.5 Å². The third-order valence-corrected chi connectivity index (χ3v) is 3.50. The van der Waals surface area contributed by atoms with Crippen LogP contribution in [0.5, 0.6) is 0 Å². The van der Waals surface area contributed by atoms with Crippen LogP contribution in [0, 0.1) is 0 Å². The zero-order valence-corrected chi connectivity index (χ0v) is 9.89. The van der Waals surface area contributed by atoms with Gasteiger partial charge in [0.1, 0.15) is 0 Å². The van der Waals surface area contributed by atoms with E-state index in [-0.39, 0.29) is 17.1 Å². The molecule has 0 aliphatic carbocycles. The van der Waals surface area contributed by atoms with Crippen LogP contribution in [-0.2, 0) is 16.6 Å². The van der Waals surface area contributed by atoms with E-state index in [4.69, 9.17) is 15.3 Å². The van der Waals surface area contributed by atoms with E-state index in [9.17, 15) is 9.00 Å². The number of aromatic carboxylic acids is 1. The Morgan fingerprint density at radius 1 is 1.41 bits per heavy atom. The maximum atomic E-state index is 11.6. The second-order valence-corrected chi connectivity index (χ2v) is 5.09. The van der Waals surface area contributed by atoms with Gasteiger partial charge in [-0.1, -0.05) is 12.1 Å². The van der Waals surface area contributed by atoms with Gasteiger partial charge in [0.05, 0.1) is 24.0 Å². The molecule has 0 amide bonds. The highest BCUT2D eigenvalue weighted by Gasteiger charge is 2.10. The molecule has 2 unspecified atom stereocenters. The standard InChI is InChI=1S/C11H14O5S/c12-5-10(13)7-17(16)6-8-2-1-3-9(4-8)11(14)15/h1-4,10,12-13H,5-7H2,(H,14,15). The number of aliphatic hydroxyl groups excluding tert-OH is 2. The molecule has 6 heteroatoms. The zero-order valence-electron chi connectivity index (χ0n) is 9.07. The minimum absolute atomic E-state index is 0.0200. The molecule has 3 N–H and O–H groups in total. The van der Waals surface area contributed by atoms with Gasteiger partial charge in [0.15, 0.2) is 0 Å². The van der Waals surface area contributed by atoms with Gasteiger partial charge in [-0.2, -0.15) is 0 Å². The molecule has 0 aromatic heterocycles. The summed E-state index contributed by atoms with van der Waals surface area (Å²) in [6.07, 6.45) is -1.00. The van der Waals surface area contributed by atoms with Crippen LogP contribution in [0.3, 0.4) is 0 Å². The lowest BCUT2D eigenvalue weighted by atomic mass is 10.1. The van der Waals surface area contributed by atoms with Crippen LogP contribution in [-0.4, -0.2) is 44.0 Å². The minimum Gasteiger partial charge on any atom is -0.478 e. The van der Waals surface area contributed by atoms with Gasteiger partial charge in [-0.3, -0.25) is 4.21 Å². The first-order chi connectivity index (χ1) is 8.02. The number of benzene rings is 1. The lowest BCUT2D eigenvalue weighted by Gasteiger charge is -2.07. The summed E-state index contributed by atoms with van der Waals surface area (Å²) >= 11 is 0. The SMILES string of the molecule is O=C(O)c1cccc(CS(=O)CC(O)CO)c1. The van der Waals surface area contributed by atoms with Crippen molar-refractivity contribution in [3.63, 3.8) is 0 Å². The average Bonchev–Trinajstić information content (AvgIpc) is 2.28. The molecule has 1 aromatic carbocycles. The fourth-order valence-electron chi connectivity index (χ4n) is 1.31. The third kappa shape index (κ3) is 4.64. The maximum Gasteiger partial charge on any atom is 0.335 e. The molecule has 0 radical (unpaired) electrons. The van der Waals surface area contributed by atoms with Crippen LogP contribution in [0.1, 0.15) is 15.9 Å². The second kappa shape index (κ2) is 6.48. The van der Waals surface area contributed by atoms with Gasteiger partial charge in [-0.15, -0.1) is 0 Å². The summed E-state index contributed by atoms with van der Waals surface area (Å²) in [5.74, 6) is -0.889. The Morgan fingerprint density at radius 3 is 2.71 bits per heavy atom. The molecular weight excluding hydrogens is 244 g/mol. The highest BCUT2D eigenvalue weighted by atomic mass is 32.2. The molecule has 1 rings (SSSR count). The van der Waals surface area contributed by atoms with Crippen LogP contribution in [0.25, 0.3) is 0 Å². The van der Waals surface area contributed by atoms with Gasteiger partial charge in [0.2, 0.25) is 0 Å². The summed E-state index contributed by atoms with van der Waals surface area (Å²) < 4.78 is 11.6. The Bertz CT molecular complexity index is 418. The van der Waals surface area contributed by atoms with Crippen molar-refractivity contribution in [2.24, 2.45) is 0 Å². The number of hydrogen-bond acceptors (Lipinski definition) is 4. The number of carboxylic acids is 1. The van der Waals surface area contributed by atoms with Crippen molar-refractivity contribution in [3.05, 3.63) is 35.4 Å². The molecule has 1 aromatic rings. The van der Waals surface area contributed by atoms with Crippen LogP contribution in [0.4, 0.5) is 0 Å². The van der Waals surface area contributed by atoms with Crippen molar-refractivity contribution in [1.82, 2.24) is 0 Å². The summed E-state index contributed by atoms with van der Waals surface area (Å²) in [6.45, 7) is -0.430. The topological polar surface area (TPSA) is 94.8 Å². The predicted molar refractivity (Wildman–Crippen MR) is 63.2 cm³/mol. The Labute approximate surface area is 101 Å². The van der Waals surface area contributed by atoms with E-state index in [1.807, 2.05) is 0 Å². The summed E-state index contributed by atoms with van der Waals surface area (Å²) in [7, 11) is -1.33. The Morgan fingerprint density at radius 2 is 2.12 bits per heavy atom. The largest absolute Gasteiger partial charge is 0.478 e. The van der Waals surface area contributed by atoms with Gasteiger partial charge in [-0.25, -0.2) is 4.79 Å². The highest BCUT2D eigenvalue weighted by molar-refractivity contribution is 7.84. The molecule has 94 valence electrons. The van der Waals surface area contributed by atoms with Crippen molar-refractivity contribution >= 4 is 16.8 Å². The van der Waals surface area contributed by atoms with E-state index >= 15 is 0 Å². The number of hydrogen-bond donors (Lipinski definition) is 3. The first-order valence-corrected chi connectivity index (χ1v) is 6.48. The fourth-order valence-corrected chi connectivity index (χ4v) is 2.51. The average molecular weight is 258 g/mol. The molecule has 0 bridgehead atoms. The molecule has 17 heavy (non-hydrogen) atoms. The molecule has 0 saturated heterocycles. The molecular formula is C11H14O5S. The van der Waals surface area contributed by atoms with E-state index in [0.29, 0.717) is 5.56 Å². The second-order valence-electron chi connectivity index (χ2n) is 3.59. The van der Waals surface area contributed by atoms with Crippen LogP contribution >= 0.6 is 0 Å². The Balaban J connectivity index is 2.65. The van der Waals surface area contributed by atoms with Crippen molar-refractivity contribution in [2.45, 2.75) is 11.9 Å². The maximum absolute atomic E-state index is 11.6. The van der Waals surface area contributed by atoms with E-state index in [2.05, 4.69) is 0 Å². The summed E-state index contributed by atoms with van der Waals surface area (Å²) in [5.41, 5.74) is 0.774. The normalized spacial score (nSPS) is 14.2. The zero-order chi connectivity index (χ0) is 12.8. The van der Waals surface area contributed by atoms with Gasteiger partial charge in [-0.05, 0) is 17.7 Å². The molecule has 2 atom stereocenters. The number of carboxylic acid groups (broad SMARTS) is 1. The monoisotopic (exact) mass is 258 g/mol. The Kier molecular flexibility index (Phi) is 5.27. The molecule has 5 nitrogen and oxygen atoms in total. The number of aliphatic hydroxyl groups is 2. The predicted octanol–water partition coefficient (Wildman–Crippen LogP) is -0.0133. The minimum atomic E-state index is -1.33. The van der Waals surface area contributed by atoms with E-state index in [1.165, 1.54) is 12.1 Å². The van der Waals surface area contributed by atoms with Crippen molar-refractivity contribution in [2.75, 3.05) is 12.4 Å². The lowest BCUT2D eigenvalue weighted by Crippen LogP contribution is -2.21. The summed E-state index contributed by atoms with van der Waals surface area (Å²) in [5, 5.41) is 26.5. The lowest BCUT2D eigenvalue weighted by molar-refractivity contribution is 0.0696. The van der Waals surface area contributed by atoms with Gasteiger partial charge >= 0.3 is 5.97 Å². The van der Waals surface area contributed by atoms with E-state index in [1.54, 1.807) is 12.1 Å². The summed E-state index contributed by atoms with van der Waals surface area (Å²) in [4.78, 5) is 10.7. The molecule has 0 heterocycles. The number of carbonyl (C=O) groups is 1. The molecule has 0 aliphatic rings. The quantitative estimate of drug-likeness (QED) is 0.667. The van der Waals surface area contributed by atoms with Gasteiger partial charge in [0, 0.05) is 16.6 Å². The van der Waals surface area contributed by atoms with Crippen LogP contribution in [0.2, 0.25) is 0 Å². The van der Waals surface area contributed by atoms with Gasteiger partial charge < -0.3 is 15.3 Å². The summed E-state index contributed by atoms with van der Waals surface area (Å²) in [6, 6.07) is 6.16. The van der Waals surface area contributed by atoms with Crippen LogP contribution < -0.4 is 0 Å². The first kappa shape index (κ1) is 13.8. The molecule has 0 spiro atoms. The van der Waals surface area contributed by atoms with Gasteiger partial charge in [0.25, 0.3) is 0 Å². The highest BCUT2D eigenvalue weighted by Crippen LogP contribution is 2.08. The van der Waals surface area contributed by atoms with Crippen molar-refractivity contribution < 1.29 is 24.3 Å². The van der Waals surface area contributed by atoms with Crippen LogP contribution in [0.15, 0.2) is 24.3 Å². The molecule has 0 aliphatic heterocycles. The van der Waals surface area contributed by atoms with Crippen molar-refractivity contribution in [3.8, 4) is 0 Å². The fraction of sp³-hybridized carbons (Fsp3) is 0.364. The van der Waals surface area contributed by atoms with E-state index in [0.717, 1.165) is 0 Å². The number of rotatable bonds is 6. The molecule has 0 saturated carbocycles. The Hall–Kier alpha value is -1.24. The smallest absolute Gasteiger partial charge is 0.335 e. The third-order valence-electron chi connectivity index (χ3n) is 2.09. The first-order valence-electron chi connectivity index (χ1n) is 4.99.